The van der Waals surface area contributed by atoms with E-state index in [4.69, 9.17) is 11.5 Å². The Hall–Kier alpha value is -2.17. The lowest BCUT2D eigenvalue weighted by Gasteiger charge is -2.02. The molecule has 0 aliphatic heterocycles. The van der Waals surface area contributed by atoms with E-state index in [-0.39, 0.29) is 11.9 Å². The lowest BCUT2D eigenvalue weighted by Crippen LogP contribution is -2.07. The summed E-state index contributed by atoms with van der Waals surface area (Å²) in [5.74, 6) is 1.03. The third-order valence-corrected chi connectivity index (χ3v) is 2.42. The van der Waals surface area contributed by atoms with Crippen LogP contribution in [0.4, 0.5) is 11.9 Å². The number of rotatable bonds is 4. The summed E-state index contributed by atoms with van der Waals surface area (Å²) in [5.41, 5.74) is 12.3. The minimum Gasteiger partial charge on any atom is -0.368 e. The number of benzene rings is 1. The van der Waals surface area contributed by atoms with Crippen LogP contribution in [0.15, 0.2) is 30.3 Å². The molecule has 17 heavy (non-hydrogen) atoms. The van der Waals surface area contributed by atoms with Gasteiger partial charge in [-0.1, -0.05) is 30.3 Å². The molecule has 4 N–H and O–H groups in total. The Balaban J connectivity index is 1.90. The summed E-state index contributed by atoms with van der Waals surface area (Å²) in [5, 5.41) is 0. The van der Waals surface area contributed by atoms with Crippen LogP contribution >= 0.6 is 0 Å². The van der Waals surface area contributed by atoms with E-state index in [1.807, 2.05) is 18.2 Å². The molecule has 0 radical (unpaired) electrons. The molecular formula is C12H15N5. The molecule has 0 saturated heterocycles. The van der Waals surface area contributed by atoms with Crippen LogP contribution in [0.1, 0.15) is 17.8 Å². The monoisotopic (exact) mass is 229 g/mol. The molecule has 5 heteroatoms. The van der Waals surface area contributed by atoms with E-state index in [9.17, 15) is 0 Å². The van der Waals surface area contributed by atoms with Crippen LogP contribution in [0.5, 0.6) is 0 Å². The zero-order chi connectivity index (χ0) is 12.1. The Morgan fingerprint density at radius 1 is 0.824 bits per heavy atom. The van der Waals surface area contributed by atoms with E-state index < -0.39 is 0 Å². The number of anilines is 2. The van der Waals surface area contributed by atoms with Crippen molar-refractivity contribution >= 4 is 11.9 Å². The van der Waals surface area contributed by atoms with Gasteiger partial charge in [-0.15, -0.1) is 0 Å². The van der Waals surface area contributed by atoms with E-state index in [0.717, 1.165) is 19.3 Å². The summed E-state index contributed by atoms with van der Waals surface area (Å²) in [6.07, 6.45) is 2.71. The van der Waals surface area contributed by atoms with Crippen molar-refractivity contribution in [1.82, 2.24) is 15.0 Å². The van der Waals surface area contributed by atoms with Gasteiger partial charge in [0, 0.05) is 6.42 Å². The summed E-state index contributed by atoms with van der Waals surface area (Å²) < 4.78 is 0. The predicted octanol–water partition coefficient (Wildman–Crippen LogP) is 1.21. The average Bonchev–Trinajstić information content (AvgIpc) is 2.29. The highest BCUT2D eigenvalue weighted by atomic mass is 15.1. The fraction of sp³-hybridized carbons (Fsp3) is 0.250. The van der Waals surface area contributed by atoms with E-state index in [0.29, 0.717) is 5.82 Å². The van der Waals surface area contributed by atoms with E-state index in [2.05, 4.69) is 27.1 Å². The average molecular weight is 229 g/mol. The number of hydrogen-bond donors (Lipinski definition) is 2. The molecule has 2 rings (SSSR count). The summed E-state index contributed by atoms with van der Waals surface area (Å²) in [6.45, 7) is 0. The molecule has 88 valence electrons. The molecule has 0 spiro atoms. The minimum atomic E-state index is 0.187. The molecular weight excluding hydrogens is 214 g/mol. The lowest BCUT2D eigenvalue weighted by molar-refractivity contribution is 0.767. The minimum absolute atomic E-state index is 0.187. The van der Waals surface area contributed by atoms with Gasteiger partial charge in [0.1, 0.15) is 5.82 Å². The molecule has 0 fully saturated rings. The summed E-state index contributed by atoms with van der Waals surface area (Å²) in [7, 11) is 0. The summed E-state index contributed by atoms with van der Waals surface area (Å²) >= 11 is 0. The number of nitrogen functional groups attached to an aromatic ring is 2. The van der Waals surface area contributed by atoms with Crippen LogP contribution < -0.4 is 11.5 Å². The van der Waals surface area contributed by atoms with Gasteiger partial charge in [-0.2, -0.15) is 15.0 Å². The van der Waals surface area contributed by atoms with Crippen molar-refractivity contribution in [2.24, 2.45) is 0 Å². The van der Waals surface area contributed by atoms with Crippen LogP contribution in [0.25, 0.3) is 0 Å². The Bertz CT molecular complexity index is 463. The maximum Gasteiger partial charge on any atom is 0.225 e. The number of nitrogens with two attached hydrogens (primary N) is 2. The van der Waals surface area contributed by atoms with Crippen LogP contribution in [-0.4, -0.2) is 15.0 Å². The summed E-state index contributed by atoms with van der Waals surface area (Å²) in [4.78, 5) is 11.8. The second-order valence-electron chi connectivity index (χ2n) is 3.81. The molecule has 1 heterocycles. The van der Waals surface area contributed by atoms with Crippen LogP contribution in [-0.2, 0) is 12.8 Å². The van der Waals surface area contributed by atoms with Crippen LogP contribution in [0.3, 0.4) is 0 Å². The SMILES string of the molecule is Nc1nc(N)nc(CCCc2ccccc2)n1. The van der Waals surface area contributed by atoms with Crippen molar-refractivity contribution in [3.8, 4) is 0 Å². The van der Waals surface area contributed by atoms with Gasteiger partial charge in [-0.05, 0) is 18.4 Å². The first-order valence-electron chi connectivity index (χ1n) is 5.54. The fourth-order valence-corrected chi connectivity index (χ4v) is 1.66. The molecule has 0 unspecified atom stereocenters. The van der Waals surface area contributed by atoms with Gasteiger partial charge in [-0.25, -0.2) is 0 Å². The van der Waals surface area contributed by atoms with Crippen LogP contribution in [0, 0.1) is 0 Å². The lowest BCUT2D eigenvalue weighted by atomic mass is 10.1. The Morgan fingerprint density at radius 2 is 1.47 bits per heavy atom. The number of aromatic nitrogens is 3. The van der Waals surface area contributed by atoms with Crippen molar-refractivity contribution < 1.29 is 0 Å². The normalized spacial score (nSPS) is 10.4. The maximum absolute atomic E-state index is 5.50. The van der Waals surface area contributed by atoms with Crippen molar-refractivity contribution in [1.29, 1.82) is 0 Å². The maximum atomic E-state index is 5.50. The van der Waals surface area contributed by atoms with Gasteiger partial charge < -0.3 is 11.5 Å². The molecule has 1 aromatic heterocycles. The first kappa shape index (κ1) is 11.3. The molecule has 0 aliphatic rings. The molecule has 5 nitrogen and oxygen atoms in total. The highest BCUT2D eigenvalue weighted by Crippen LogP contribution is 2.06. The van der Waals surface area contributed by atoms with E-state index >= 15 is 0 Å². The van der Waals surface area contributed by atoms with Crippen LogP contribution in [0.2, 0.25) is 0 Å². The topological polar surface area (TPSA) is 90.7 Å². The predicted molar refractivity (Wildman–Crippen MR) is 67.1 cm³/mol. The Morgan fingerprint density at radius 3 is 2.12 bits per heavy atom. The largest absolute Gasteiger partial charge is 0.368 e. The van der Waals surface area contributed by atoms with Gasteiger partial charge in [0.15, 0.2) is 0 Å². The first-order chi connectivity index (χ1) is 8.24. The molecule has 1 aromatic carbocycles. The van der Waals surface area contributed by atoms with Gasteiger partial charge >= 0.3 is 0 Å². The molecule has 2 aromatic rings. The quantitative estimate of drug-likeness (QED) is 0.822. The summed E-state index contributed by atoms with van der Waals surface area (Å²) in [6, 6.07) is 10.3. The van der Waals surface area contributed by atoms with Crippen molar-refractivity contribution in [3.63, 3.8) is 0 Å². The van der Waals surface area contributed by atoms with E-state index in [1.54, 1.807) is 0 Å². The number of aryl methyl sites for hydroxylation is 2. The second kappa shape index (κ2) is 5.25. The highest BCUT2D eigenvalue weighted by Gasteiger charge is 2.01. The number of nitrogens with zero attached hydrogens (tertiary/aromatic N) is 3. The Labute approximate surface area is 99.9 Å². The zero-order valence-electron chi connectivity index (χ0n) is 9.50. The third kappa shape index (κ3) is 3.41. The molecule has 0 saturated carbocycles. The first-order valence-corrected chi connectivity index (χ1v) is 5.54. The molecule has 0 amide bonds. The van der Waals surface area contributed by atoms with Crippen molar-refractivity contribution in [2.45, 2.75) is 19.3 Å². The zero-order valence-corrected chi connectivity index (χ0v) is 9.50. The van der Waals surface area contributed by atoms with Gasteiger partial charge in [0.25, 0.3) is 0 Å². The molecule has 0 atom stereocenters. The second-order valence-corrected chi connectivity index (χ2v) is 3.81. The smallest absolute Gasteiger partial charge is 0.225 e. The standard InChI is InChI=1S/C12H15N5/c13-11-15-10(16-12(14)17-11)8-4-7-9-5-2-1-3-6-9/h1-3,5-6H,4,7-8H2,(H4,13,14,15,16,17). The molecule has 0 aliphatic carbocycles. The fourth-order valence-electron chi connectivity index (χ4n) is 1.66. The van der Waals surface area contributed by atoms with Gasteiger partial charge in [0.05, 0.1) is 0 Å². The van der Waals surface area contributed by atoms with Crippen molar-refractivity contribution in [2.75, 3.05) is 11.5 Å². The molecule has 0 bridgehead atoms. The van der Waals surface area contributed by atoms with E-state index in [1.165, 1.54) is 5.56 Å². The number of hydrogen-bond acceptors (Lipinski definition) is 5. The Kier molecular flexibility index (Phi) is 3.49. The van der Waals surface area contributed by atoms with Gasteiger partial charge in [-0.3, -0.25) is 0 Å². The van der Waals surface area contributed by atoms with Gasteiger partial charge in [0.2, 0.25) is 11.9 Å². The van der Waals surface area contributed by atoms with Crippen molar-refractivity contribution in [3.05, 3.63) is 41.7 Å². The highest BCUT2D eigenvalue weighted by molar-refractivity contribution is 5.25. The third-order valence-electron chi connectivity index (χ3n) is 2.42.